The van der Waals surface area contributed by atoms with Gasteiger partial charge in [-0.15, -0.1) is 0 Å². The highest BCUT2D eigenvalue weighted by molar-refractivity contribution is 5.88. The molecular weight excluding hydrogens is 380 g/mol. The van der Waals surface area contributed by atoms with E-state index in [4.69, 9.17) is 9.47 Å². The van der Waals surface area contributed by atoms with Gasteiger partial charge in [0, 0.05) is 12.6 Å². The van der Waals surface area contributed by atoms with Crippen molar-refractivity contribution in [1.29, 1.82) is 0 Å². The lowest BCUT2D eigenvalue weighted by Gasteiger charge is -2.31. The lowest BCUT2D eigenvalue weighted by atomic mass is 10.1. The third kappa shape index (κ3) is 6.79. The van der Waals surface area contributed by atoms with E-state index in [1.54, 1.807) is 12.0 Å². The Balaban J connectivity index is 2.22. The number of rotatable bonds is 10. The monoisotopic (exact) mass is 412 g/mol. The summed E-state index contributed by atoms with van der Waals surface area (Å²) in [6.45, 7) is 7.84. The van der Waals surface area contributed by atoms with Gasteiger partial charge in [-0.3, -0.25) is 9.59 Å². The number of hydrogen-bond acceptors (Lipinski definition) is 4. The molecule has 0 saturated carbocycles. The quantitative estimate of drug-likeness (QED) is 0.646. The van der Waals surface area contributed by atoms with Crippen LogP contribution in [0.2, 0.25) is 0 Å². The van der Waals surface area contributed by atoms with Crippen molar-refractivity contribution >= 4 is 11.8 Å². The zero-order valence-corrected chi connectivity index (χ0v) is 18.5. The highest BCUT2D eigenvalue weighted by atomic mass is 16.5. The van der Waals surface area contributed by atoms with Crippen LogP contribution in [0, 0.1) is 6.92 Å². The number of methoxy groups -OCH3 is 1. The fourth-order valence-corrected chi connectivity index (χ4v) is 3.13. The van der Waals surface area contributed by atoms with Gasteiger partial charge in [-0.05, 0) is 57.0 Å². The van der Waals surface area contributed by atoms with Crippen LogP contribution in [0.25, 0.3) is 0 Å². The summed E-state index contributed by atoms with van der Waals surface area (Å²) in [5.41, 5.74) is 2.00. The summed E-state index contributed by atoms with van der Waals surface area (Å²) in [5.74, 6) is 0.911. The van der Waals surface area contributed by atoms with Gasteiger partial charge < -0.3 is 19.7 Å². The van der Waals surface area contributed by atoms with Gasteiger partial charge in [0.2, 0.25) is 5.91 Å². The standard InChI is InChI=1S/C24H32N2O4/c1-6-22(24(28)25-17(2)3)26(15-19-8-7-9-21(14-19)29-5)23(27)16-30-20-12-10-18(4)11-13-20/h7-14,17,22H,6,15-16H2,1-5H3,(H,25,28)/t22-/m0/s1. The summed E-state index contributed by atoms with van der Waals surface area (Å²) in [6.07, 6.45) is 0.499. The Morgan fingerprint density at radius 2 is 1.77 bits per heavy atom. The fourth-order valence-electron chi connectivity index (χ4n) is 3.13. The van der Waals surface area contributed by atoms with Crippen LogP contribution in [0.5, 0.6) is 11.5 Å². The number of hydrogen-bond donors (Lipinski definition) is 1. The third-order valence-corrected chi connectivity index (χ3v) is 4.69. The van der Waals surface area contributed by atoms with Gasteiger partial charge in [-0.1, -0.05) is 36.8 Å². The molecule has 6 heteroatoms. The maximum Gasteiger partial charge on any atom is 0.261 e. The number of nitrogens with one attached hydrogen (secondary N) is 1. The van der Waals surface area contributed by atoms with Crippen LogP contribution >= 0.6 is 0 Å². The summed E-state index contributed by atoms with van der Waals surface area (Å²) < 4.78 is 11.0. The molecule has 2 aromatic rings. The van der Waals surface area contributed by atoms with E-state index in [1.165, 1.54) is 0 Å². The van der Waals surface area contributed by atoms with E-state index in [9.17, 15) is 9.59 Å². The Hall–Kier alpha value is -3.02. The molecule has 0 aromatic heterocycles. The second-order valence-corrected chi connectivity index (χ2v) is 7.56. The number of ether oxygens (including phenoxy) is 2. The summed E-state index contributed by atoms with van der Waals surface area (Å²) in [5, 5.41) is 2.92. The van der Waals surface area contributed by atoms with Crippen molar-refractivity contribution in [2.45, 2.75) is 52.7 Å². The SMILES string of the molecule is CC[C@@H](C(=O)NC(C)C)N(Cc1cccc(OC)c1)C(=O)COc1ccc(C)cc1. The molecule has 0 spiro atoms. The van der Waals surface area contributed by atoms with Crippen molar-refractivity contribution in [3.8, 4) is 11.5 Å². The van der Waals surface area contributed by atoms with E-state index < -0.39 is 6.04 Å². The lowest BCUT2D eigenvalue weighted by Crippen LogP contribution is -2.51. The van der Waals surface area contributed by atoms with Gasteiger partial charge in [0.1, 0.15) is 17.5 Å². The Morgan fingerprint density at radius 1 is 1.07 bits per heavy atom. The first-order chi connectivity index (χ1) is 14.3. The summed E-state index contributed by atoms with van der Waals surface area (Å²) in [6, 6.07) is 14.4. The fraction of sp³-hybridized carbons (Fsp3) is 0.417. The lowest BCUT2D eigenvalue weighted by molar-refractivity contribution is -0.143. The molecule has 6 nitrogen and oxygen atoms in total. The number of aryl methyl sites for hydroxylation is 1. The first kappa shape index (κ1) is 23.3. The number of carbonyl (C=O) groups is 2. The van der Waals surface area contributed by atoms with Crippen molar-refractivity contribution in [2.75, 3.05) is 13.7 Å². The molecule has 0 unspecified atom stereocenters. The molecule has 30 heavy (non-hydrogen) atoms. The molecule has 0 aliphatic carbocycles. The Morgan fingerprint density at radius 3 is 2.37 bits per heavy atom. The Kier molecular flexibility index (Phi) is 8.71. The third-order valence-electron chi connectivity index (χ3n) is 4.69. The Bertz CT molecular complexity index is 833. The Labute approximate surface area is 179 Å². The van der Waals surface area contributed by atoms with Crippen molar-refractivity contribution < 1.29 is 19.1 Å². The van der Waals surface area contributed by atoms with Crippen molar-refractivity contribution in [3.05, 3.63) is 59.7 Å². The van der Waals surface area contributed by atoms with Gasteiger partial charge in [0.05, 0.1) is 7.11 Å². The van der Waals surface area contributed by atoms with Crippen LogP contribution in [0.15, 0.2) is 48.5 Å². The molecule has 0 aliphatic heterocycles. The zero-order valence-electron chi connectivity index (χ0n) is 18.5. The van der Waals surface area contributed by atoms with Crippen LogP contribution in [-0.4, -0.2) is 42.5 Å². The van der Waals surface area contributed by atoms with Crippen LogP contribution in [0.4, 0.5) is 0 Å². The first-order valence-corrected chi connectivity index (χ1v) is 10.3. The molecule has 0 radical (unpaired) electrons. The molecule has 2 aromatic carbocycles. The normalized spacial score (nSPS) is 11.7. The van der Waals surface area contributed by atoms with E-state index in [-0.39, 0.29) is 31.0 Å². The average Bonchev–Trinajstić information content (AvgIpc) is 2.72. The van der Waals surface area contributed by atoms with Crippen molar-refractivity contribution in [1.82, 2.24) is 10.2 Å². The average molecular weight is 413 g/mol. The van der Waals surface area contributed by atoms with Crippen LogP contribution in [0.3, 0.4) is 0 Å². The molecule has 0 saturated heterocycles. The summed E-state index contributed by atoms with van der Waals surface area (Å²) >= 11 is 0. The highest BCUT2D eigenvalue weighted by Gasteiger charge is 2.29. The summed E-state index contributed by atoms with van der Waals surface area (Å²) in [7, 11) is 1.60. The largest absolute Gasteiger partial charge is 0.497 e. The molecule has 1 N–H and O–H groups in total. The van der Waals surface area contributed by atoms with Gasteiger partial charge in [-0.25, -0.2) is 0 Å². The molecule has 0 heterocycles. The maximum atomic E-state index is 13.1. The molecule has 0 aliphatic rings. The van der Waals surface area contributed by atoms with E-state index in [1.807, 2.05) is 76.2 Å². The summed E-state index contributed by atoms with van der Waals surface area (Å²) in [4.78, 5) is 27.5. The van der Waals surface area contributed by atoms with Gasteiger partial charge in [0.25, 0.3) is 5.91 Å². The van der Waals surface area contributed by atoms with Gasteiger partial charge in [0.15, 0.2) is 6.61 Å². The predicted molar refractivity (Wildman–Crippen MR) is 118 cm³/mol. The molecule has 0 bridgehead atoms. The number of amides is 2. The minimum Gasteiger partial charge on any atom is -0.497 e. The van der Waals surface area contributed by atoms with Crippen molar-refractivity contribution in [2.24, 2.45) is 0 Å². The molecule has 2 amide bonds. The second-order valence-electron chi connectivity index (χ2n) is 7.56. The molecule has 0 fully saturated rings. The van der Waals surface area contributed by atoms with Crippen LogP contribution in [-0.2, 0) is 16.1 Å². The minimum absolute atomic E-state index is 0.0101. The van der Waals surface area contributed by atoms with E-state index >= 15 is 0 Å². The molecular formula is C24H32N2O4. The number of nitrogens with zero attached hydrogens (tertiary/aromatic N) is 1. The first-order valence-electron chi connectivity index (χ1n) is 10.3. The van der Waals surface area contributed by atoms with Gasteiger partial charge >= 0.3 is 0 Å². The predicted octanol–water partition coefficient (Wildman–Crippen LogP) is 3.71. The second kappa shape index (κ2) is 11.2. The topological polar surface area (TPSA) is 67.9 Å². The number of carbonyl (C=O) groups excluding carboxylic acids is 2. The minimum atomic E-state index is -0.590. The zero-order chi connectivity index (χ0) is 22.1. The molecule has 162 valence electrons. The maximum absolute atomic E-state index is 13.1. The van der Waals surface area contributed by atoms with Gasteiger partial charge in [-0.2, -0.15) is 0 Å². The van der Waals surface area contributed by atoms with E-state index in [2.05, 4.69) is 5.32 Å². The molecule has 2 rings (SSSR count). The highest BCUT2D eigenvalue weighted by Crippen LogP contribution is 2.18. The van der Waals surface area contributed by atoms with Crippen LogP contribution in [0.1, 0.15) is 38.3 Å². The number of benzene rings is 2. The van der Waals surface area contributed by atoms with Crippen molar-refractivity contribution in [3.63, 3.8) is 0 Å². The van der Waals surface area contributed by atoms with Crippen LogP contribution < -0.4 is 14.8 Å². The molecule has 1 atom stereocenters. The van der Waals surface area contributed by atoms with E-state index in [0.29, 0.717) is 17.9 Å². The van der Waals surface area contributed by atoms with E-state index in [0.717, 1.165) is 11.1 Å². The smallest absolute Gasteiger partial charge is 0.261 e.